The SMILES string of the molecule is O=C(NCc1ccc2c(c1)OCO2)c1cn(C2CC2)cc(C(=O)NCC2CCCCC2)c1=O. The Morgan fingerprint density at radius 2 is 1.61 bits per heavy atom. The minimum absolute atomic E-state index is 0.00652. The van der Waals surface area contributed by atoms with Crippen LogP contribution in [0.3, 0.4) is 0 Å². The van der Waals surface area contributed by atoms with Crippen molar-refractivity contribution in [3.63, 3.8) is 0 Å². The molecule has 0 bridgehead atoms. The molecule has 174 valence electrons. The number of amides is 2. The summed E-state index contributed by atoms with van der Waals surface area (Å²) in [4.78, 5) is 38.9. The second-order valence-corrected chi connectivity index (χ2v) is 9.18. The summed E-state index contributed by atoms with van der Waals surface area (Å²) in [5, 5.41) is 5.74. The third-order valence-electron chi connectivity index (χ3n) is 6.67. The van der Waals surface area contributed by atoms with E-state index in [0.717, 1.165) is 31.2 Å². The zero-order valence-electron chi connectivity index (χ0n) is 18.6. The van der Waals surface area contributed by atoms with Crippen LogP contribution in [-0.4, -0.2) is 29.7 Å². The molecular formula is C25H29N3O5. The molecule has 8 nitrogen and oxygen atoms in total. The van der Waals surface area contributed by atoms with E-state index in [9.17, 15) is 14.4 Å². The fourth-order valence-corrected chi connectivity index (χ4v) is 4.56. The van der Waals surface area contributed by atoms with Crippen molar-refractivity contribution < 1.29 is 19.1 Å². The number of nitrogens with one attached hydrogen (secondary N) is 2. The summed E-state index contributed by atoms with van der Waals surface area (Å²) in [5.74, 6) is 0.875. The summed E-state index contributed by atoms with van der Waals surface area (Å²) in [5.41, 5.74) is 0.328. The van der Waals surface area contributed by atoms with Gasteiger partial charge in [0.1, 0.15) is 11.1 Å². The van der Waals surface area contributed by atoms with Gasteiger partial charge in [-0.1, -0.05) is 25.3 Å². The molecule has 1 aliphatic heterocycles. The van der Waals surface area contributed by atoms with Gasteiger partial charge in [0, 0.05) is 31.5 Å². The molecule has 2 heterocycles. The first-order chi connectivity index (χ1) is 16.1. The number of nitrogens with zero attached hydrogens (tertiary/aromatic N) is 1. The van der Waals surface area contributed by atoms with E-state index in [2.05, 4.69) is 10.6 Å². The van der Waals surface area contributed by atoms with Crippen molar-refractivity contribution in [2.45, 2.75) is 57.5 Å². The van der Waals surface area contributed by atoms with Crippen molar-refractivity contribution in [3.05, 3.63) is 57.5 Å². The first kappa shape index (κ1) is 21.6. The third-order valence-corrected chi connectivity index (χ3v) is 6.67. The van der Waals surface area contributed by atoms with Crippen molar-refractivity contribution in [1.29, 1.82) is 0 Å². The molecule has 0 spiro atoms. The molecule has 1 aromatic carbocycles. The average molecular weight is 452 g/mol. The minimum atomic E-state index is -0.531. The molecule has 0 atom stereocenters. The Morgan fingerprint density at radius 3 is 2.33 bits per heavy atom. The lowest BCUT2D eigenvalue weighted by Crippen LogP contribution is -2.37. The monoisotopic (exact) mass is 451 g/mol. The first-order valence-corrected chi connectivity index (χ1v) is 11.8. The smallest absolute Gasteiger partial charge is 0.257 e. The molecular weight excluding hydrogens is 422 g/mol. The zero-order chi connectivity index (χ0) is 22.8. The highest BCUT2D eigenvalue weighted by Gasteiger charge is 2.27. The van der Waals surface area contributed by atoms with Crippen LogP contribution in [0.25, 0.3) is 0 Å². The highest BCUT2D eigenvalue weighted by Crippen LogP contribution is 2.35. The lowest BCUT2D eigenvalue weighted by molar-refractivity contribution is 0.0941. The summed E-state index contributed by atoms with van der Waals surface area (Å²) in [6.07, 6.45) is 11.0. The molecule has 2 amide bonds. The first-order valence-electron chi connectivity index (χ1n) is 11.8. The maximum atomic E-state index is 13.1. The highest BCUT2D eigenvalue weighted by atomic mass is 16.7. The quantitative estimate of drug-likeness (QED) is 0.674. The van der Waals surface area contributed by atoms with E-state index in [4.69, 9.17) is 9.47 Å². The number of fused-ring (bicyclic) bond motifs is 1. The Morgan fingerprint density at radius 1 is 0.909 bits per heavy atom. The summed E-state index contributed by atoms with van der Waals surface area (Å²) in [7, 11) is 0. The number of pyridine rings is 1. The van der Waals surface area contributed by atoms with E-state index in [1.54, 1.807) is 24.5 Å². The van der Waals surface area contributed by atoms with Gasteiger partial charge in [-0.2, -0.15) is 0 Å². The van der Waals surface area contributed by atoms with Gasteiger partial charge < -0.3 is 24.7 Å². The molecule has 2 aliphatic carbocycles. The molecule has 0 radical (unpaired) electrons. The van der Waals surface area contributed by atoms with Gasteiger partial charge in [0.2, 0.25) is 12.2 Å². The molecule has 2 aromatic rings. The lowest BCUT2D eigenvalue weighted by atomic mass is 9.89. The van der Waals surface area contributed by atoms with Crippen molar-refractivity contribution in [2.75, 3.05) is 13.3 Å². The number of carbonyl (C=O) groups is 2. The predicted molar refractivity (Wildman–Crippen MR) is 122 cm³/mol. The number of hydrogen-bond acceptors (Lipinski definition) is 5. The van der Waals surface area contributed by atoms with E-state index < -0.39 is 17.2 Å². The van der Waals surface area contributed by atoms with Crippen LogP contribution in [0.2, 0.25) is 0 Å². The second-order valence-electron chi connectivity index (χ2n) is 9.18. The van der Waals surface area contributed by atoms with Crippen molar-refractivity contribution in [3.8, 4) is 11.5 Å². The topological polar surface area (TPSA) is 98.7 Å². The van der Waals surface area contributed by atoms with Gasteiger partial charge >= 0.3 is 0 Å². The van der Waals surface area contributed by atoms with E-state index in [-0.39, 0.29) is 30.5 Å². The standard InChI is InChI=1S/C25H29N3O5/c29-23-19(24(30)26-11-16-4-2-1-3-5-16)13-28(18-7-8-18)14-20(23)25(31)27-12-17-6-9-21-22(10-17)33-15-32-21/h6,9-10,13-14,16,18H,1-5,7-8,11-12,15H2,(H,26,30)(H,27,31). The predicted octanol–water partition coefficient (Wildman–Crippen LogP) is 3.15. The molecule has 2 saturated carbocycles. The highest BCUT2D eigenvalue weighted by molar-refractivity contribution is 5.99. The van der Waals surface area contributed by atoms with Crippen LogP contribution < -0.4 is 25.5 Å². The number of aromatic nitrogens is 1. The number of ether oxygens (including phenoxy) is 2. The average Bonchev–Trinajstić information content (AvgIpc) is 3.59. The largest absolute Gasteiger partial charge is 0.454 e. The molecule has 1 aromatic heterocycles. The maximum Gasteiger partial charge on any atom is 0.257 e. The van der Waals surface area contributed by atoms with Crippen LogP contribution in [0, 0.1) is 5.92 Å². The van der Waals surface area contributed by atoms with Gasteiger partial charge in [-0.25, -0.2) is 0 Å². The van der Waals surface area contributed by atoms with Crippen LogP contribution in [0.4, 0.5) is 0 Å². The molecule has 2 fully saturated rings. The van der Waals surface area contributed by atoms with Gasteiger partial charge in [-0.05, 0) is 49.3 Å². The zero-order valence-corrected chi connectivity index (χ0v) is 18.6. The molecule has 5 rings (SSSR count). The number of rotatable bonds is 7. The normalized spacial score (nSPS) is 17.6. The van der Waals surface area contributed by atoms with Crippen molar-refractivity contribution in [1.82, 2.24) is 15.2 Å². The Labute approximate surface area is 192 Å². The molecule has 33 heavy (non-hydrogen) atoms. The van der Waals surface area contributed by atoms with Crippen LogP contribution in [-0.2, 0) is 6.54 Å². The second kappa shape index (κ2) is 9.29. The van der Waals surface area contributed by atoms with E-state index in [1.165, 1.54) is 19.3 Å². The summed E-state index contributed by atoms with van der Waals surface area (Å²) in [6, 6.07) is 5.67. The van der Waals surface area contributed by atoms with E-state index in [0.29, 0.717) is 24.0 Å². The lowest BCUT2D eigenvalue weighted by Gasteiger charge is -2.21. The molecule has 0 saturated heterocycles. The van der Waals surface area contributed by atoms with Gasteiger partial charge in [0.05, 0.1) is 0 Å². The Balaban J connectivity index is 1.31. The van der Waals surface area contributed by atoms with Gasteiger partial charge in [-0.3, -0.25) is 14.4 Å². The minimum Gasteiger partial charge on any atom is -0.454 e. The van der Waals surface area contributed by atoms with Crippen molar-refractivity contribution in [2.24, 2.45) is 5.92 Å². The van der Waals surface area contributed by atoms with Crippen LogP contribution in [0.1, 0.15) is 77.3 Å². The van der Waals surface area contributed by atoms with Crippen molar-refractivity contribution >= 4 is 11.8 Å². The van der Waals surface area contributed by atoms with E-state index >= 15 is 0 Å². The Hall–Kier alpha value is -3.29. The summed E-state index contributed by atoms with van der Waals surface area (Å²) in [6.45, 7) is 0.986. The molecule has 3 aliphatic rings. The van der Waals surface area contributed by atoms with Gasteiger partial charge in [-0.15, -0.1) is 0 Å². The molecule has 0 unspecified atom stereocenters. The van der Waals surface area contributed by atoms with Gasteiger partial charge in [0.25, 0.3) is 11.8 Å². The fourth-order valence-electron chi connectivity index (χ4n) is 4.56. The van der Waals surface area contributed by atoms with Crippen LogP contribution in [0.15, 0.2) is 35.4 Å². The Bertz CT molecular complexity index is 1120. The molecule has 8 heteroatoms. The van der Waals surface area contributed by atoms with Gasteiger partial charge in [0.15, 0.2) is 11.5 Å². The summed E-state index contributed by atoms with van der Waals surface area (Å²) >= 11 is 0. The maximum absolute atomic E-state index is 13.1. The Kier molecular flexibility index (Phi) is 6.07. The van der Waals surface area contributed by atoms with E-state index in [1.807, 2.05) is 10.6 Å². The number of carbonyl (C=O) groups excluding carboxylic acids is 2. The summed E-state index contributed by atoms with van der Waals surface area (Å²) < 4.78 is 12.5. The molecule has 2 N–H and O–H groups in total. The van der Waals surface area contributed by atoms with Crippen LogP contribution in [0.5, 0.6) is 11.5 Å². The van der Waals surface area contributed by atoms with Crippen LogP contribution >= 0.6 is 0 Å². The number of hydrogen-bond donors (Lipinski definition) is 2. The fraction of sp³-hybridized carbons (Fsp3) is 0.480. The number of benzene rings is 1. The third kappa shape index (κ3) is 4.89.